The lowest BCUT2D eigenvalue weighted by molar-refractivity contribution is 0.198. The summed E-state index contributed by atoms with van der Waals surface area (Å²) in [7, 11) is 3.39. The highest BCUT2D eigenvalue weighted by molar-refractivity contribution is 5.40. The van der Waals surface area contributed by atoms with Gasteiger partial charge in [0.25, 0.3) is 0 Å². The molecule has 0 fully saturated rings. The molecule has 2 aromatic rings. The van der Waals surface area contributed by atoms with E-state index >= 15 is 0 Å². The molecule has 0 aliphatic carbocycles. The quantitative estimate of drug-likeness (QED) is 0.657. The highest BCUT2D eigenvalue weighted by Crippen LogP contribution is 2.17. The number of benzene rings is 1. The van der Waals surface area contributed by atoms with Crippen LogP contribution in [0.15, 0.2) is 36.5 Å². The predicted octanol–water partition coefficient (Wildman–Crippen LogP) is 2.59. The second kappa shape index (κ2) is 9.63. The fourth-order valence-corrected chi connectivity index (χ4v) is 2.19. The Morgan fingerprint density at radius 3 is 2.74 bits per heavy atom. The van der Waals surface area contributed by atoms with E-state index in [2.05, 4.69) is 26.7 Å². The summed E-state index contributed by atoms with van der Waals surface area (Å²) >= 11 is 0. The Balaban J connectivity index is 1.81. The van der Waals surface area contributed by atoms with E-state index in [0.29, 0.717) is 5.95 Å². The molecule has 0 spiro atoms. The van der Waals surface area contributed by atoms with E-state index in [9.17, 15) is 0 Å². The van der Waals surface area contributed by atoms with Crippen LogP contribution in [0.3, 0.4) is 0 Å². The third-order valence-electron chi connectivity index (χ3n) is 3.36. The maximum atomic E-state index is 5.35. The Labute approximate surface area is 137 Å². The zero-order valence-electron chi connectivity index (χ0n) is 13.7. The van der Waals surface area contributed by atoms with Crippen molar-refractivity contribution >= 4 is 11.8 Å². The summed E-state index contributed by atoms with van der Waals surface area (Å²) in [4.78, 5) is 8.68. The molecule has 0 saturated heterocycles. The van der Waals surface area contributed by atoms with Crippen molar-refractivity contribution in [1.82, 2.24) is 9.97 Å². The Morgan fingerprint density at radius 2 is 1.91 bits per heavy atom. The molecule has 0 saturated carbocycles. The molecule has 0 radical (unpaired) electrons. The van der Waals surface area contributed by atoms with E-state index in [1.165, 1.54) is 0 Å². The van der Waals surface area contributed by atoms with Gasteiger partial charge < -0.3 is 20.1 Å². The monoisotopic (exact) mass is 316 g/mol. The zero-order valence-corrected chi connectivity index (χ0v) is 13.7. The molecule has 1 aromatic heterocycles. The predicted molar refractivity (Wildman–Crippen MR) is 92.2 cm³/mol. The lowest BCUT2D eigenvalue weighted by Gasteiger charge is -2.10. The molecule has 0 bridgehead atoms. The van der Waals surface area contributed by atoms with Crippen molar-refractivity contribution in [3.8, 4) is 5.75 Å². The highest BCUT2D eigenvalue weighted by Gasteiger charge is 2.02. The van der Waals surface area contributed by atoms with Crippen LogP contribution in [0.1, 0.15) is 12.0 Å². The van der Waals surface area contributed by atoms with Gasteiger partial charge in [0, 0.05) is 33.0 Å². The zero-order chi connectivity index (χ0) is 16.3. The standard InChI is InChI=1S/C17H24N4O2/c1-22-13-5-10-18-16-9-12-20-17(21-16)19-11-8-14-6-3-4-7-15(14)23-2/h3-4,6-7,9,12H,5,8,10-11,13H2,1-2H3,(H2,18,19,20,21). The normalized spacial score (nSPS) is 10.3. The van der Waals surface area contributed by atoms with Crippen molar-refractivity contribution in [2.45, 2.75) is 12.8 Å². The van der Waals surface area contributed by atoms with Crippen molar-refractivity contribution in [2.75, 3.05) is 44.5 Å². The van der Waals surface area contributed by atoms with Crippen LogP contribution < -0.4 is 15.4 Å². The van der Waals surface area contributed by atoms with E-state index in [1.54, 1.807) is 20.4 Å². The molecule has 124 valence electrons. The van der Waals surface area contributed by atoms with E-state index in [1.807, 2.05) is 24.3 Å². The lowest BCUT2D eigenvalue weighted by Crippen LogP contribution is -2.11. The van der Waals surface area contributed by atoms with Gasteiger partial charge in [-0.05, 0) is 30.5 Å². The maximum Gasteiger partial charge on any atom is 0.224 e. The first kappa shape index (κ1) is 17.0. The average molecular weight is 316 g/mol. The molecule has 1 heterocycles. The molecular weight excluding hydrogens is 292 g/mol. The van der Waals surface area contributed by atoms with Crippen LogP contribution in [-0.2, 0) is 11.2 Å². The van der Waals surface area contributed by atoms with Crippen molar-refractivity contribution in [2.24, 2.45) is 0 Å². The van der Waals surface area contributed by atoms with Crippen LogP contribution >= 0.6 is 0 Å². The van der Waals surface area contributed by atoms with Crippen LogP contribution in [0.4, 0.5) is 11.8 Å². The molecular formula is C17H24N4O2. The minimum atomic E-state index is 0.622. The van der Waals surface area contributed by atoms with E-state index < -0.39 is 0 Å². The van der Waals surface area contributed by atoms with Crippen LogP contribution in [0.2, 0.25) is 0 Å². The Hall–Kier alpha value is -2.34. The van der Waals surface area contributed by atoms with Gasteiger partial charge >= 0.3 is 0 Å². The Morgan fingerprint density at radius 1 is 1.04 bits per heavy atom. The maximum absolute atomic E-state index is 5.35. The largest absolute Gasteiger partial charge is 0.496 e. The number of aromatic nitrogens is 2. The number of anilines is 2. The van der Waals surface area contributed by atoms with Crippen LogP contribution in [0.25, 0.3) is 0 Å². The SMILES string of the molecule is COCCCNc1ccnc(NCCc2ccccc2OC)n1. The summed E-state index contributed by atoms with van der Waals surface area (Å²) in [5.74, 6) is 2.34. The molecule has 0 atom stereocenters. The number of para-hydroxylation sites is 1. The molecule has 0 amide bonds. The van der Waals surface area contributed by atoms with Crippen molar-refractivity contribution < 1.29 is 9.47 Å². The summed E-state index contributed by atoms with van der Waals surface area (Å²) < 4.78 is 10.4. The summed E-state index contributed by atoms with van der Waals surface area (Å²) in [6.45, 7) is 2.31. The number of nitrogens with zero attached hydrogens (tertiary/aromatic N) is 2. The smallest absolute Gasteiger partial charge is 0.224 e. The highest BCUT2D eigenvalue weighted by atomic mass is 16.5. The Bertz CT molecular complexity index is 592. The molecule has 2 N–H and O–H groups in total. The van der Waals surface area contributed by atoms with Gasteiger partial charge in [0.2, 0.25) is 5.95 Å². The number of rotatable bonds is 10. The van der Waals surface area contributed by atoms with E-state index in [4.69, 9.17) is 9.47 Å². The van der Waals surface area contributed by atoms with Crippen LogP contribution in [-0.4, -0.2) is 43.9 Å². The Kier molecular flexibility index (Phi) is 7.13. The van der Waals surface area contributed by atoms with Gasteiger partial charge in [-0.1, -0.05) is 18.2 Å². The van der Waals surface area contributed by atoms with E-state index in [0.717, 1.165) is 49.7 Å². The summed E-state index contributed by atoms with van der Waals surface area (Å²) in [6, 6.07) is 9.88. The second-order valence-electron chi connectivity index (χ2n) is 5.03. The van der Waals surface area contributed by atoms with Gasteiger partial charge in [-0.15, -0.1) is 0 Å². The molecule has 23 heavy (non-hydrogen) atoms. The molecule has 0 unspecified atom stereocenters. The molecule has 6 heteroatoms. The number of methoxy groups -OCH3 is 2. The van der Waals surface area contributed by atoms with Crippen LogP contribution in [0, 0.1) is 0 Å². The molecule has 0 aliphatic rings. The number of hydrogen-bond donors (Lipinski definition) is 2. The van der Waals surface area contributed by atoms with Crippen molar-refractivity contribution in [1.29, 1.82) is 0 Å². The topological polar surface area (TPSA) is 68.3 Å². The van der Waals surface area contributed by atoms with Crippen molar-refractivity contribution in [3.63, 3.8) is 0 Å². The second-order valence-corrected chi connectivity index (χ2v) is 5.03. The first-order valence-electron chi connectivity index (χ1n) is 7.75. The first-order chi connectivity index (χ1) is 11.3. The summed E-state index contributed by atoms with van der Waals surface area (Å²) in [5.41, 5.74) is 1.16. The fraction of sp³-hybridized carbons (Fsp3) is 0.412. The number of hydrogen-bond acceptors (Lipinski definition) is 6. The van der Waals surface area contributed by atoms with Crippen molar-refractivity contribution in [3.05, 3.63) is 42.1 Å². The van der Waals surface area contributed by atoms with Gasteiger partial charge in [0.15, 0.2) is 0 Å². The average Bonchev–Trinajstić information content (AvgIpc) is 2.60. The number of ether oxygens (including phenoxy) is 2. The first-order valence-corrected chi connectivity index (χ1v) is 7.75. The van der Waals surface area contributed by atoms with Gasteiger partial charge in [0.05, 0.1) is 7.11 Å². The molecule has 0 aliphatic heterocycles. The van der Waals surface area contributed by atoms with Gasteiger partial charge in [-0.25, -0.2) is 4.98 Å². The van der Waals surface area contributed by atoms with Gasteiger partial charge in [-0.2, -0.15) is 4.98 Å². The third-order valence-corrected chi connectivity index (χ3v) is 3.36. The number of nitrogens with one attached hydrogen (secondary N) is 2. The van der Waals surface area contributed by atoms with Gasteiger partial charge in [0.1, 0.15) is 11.6 Å². The summed E-state index contributed by atoms with van der Waals surface area (Å²) in [6.07, 6.45) is 3.53. The fourth-order valence-electron chi connectivity index (χ4n) is 2.19. The molecule has 1 aromatic carbocycles. The van der Waals surface area contributed by atoms with Crippen LogP contribution in [0.5, 0.6) is 5.75 Å². The van der Waals surface area contributed by atoms with Gasteiger partial charge in [-0.3, -0.25) is 0 Å². The lowest BCUT2D eigenvalue weighted by atomic mass is 10.1. The molecule has 2 rings (SSSR count). The minimum absolute atomic E-state index is 0.622. The third kappa shape index (κ3) is 5.75. The summed E-state index contributed by atoms with van der Waals surface area (Å²) in [5, 5.41) is 6.50. The molecule has 6 nitrogen and oxygen atoms in total. The minimum Gasteiger partial charge on any atom is -0.496 e. The van der Waals surface area contributed by atoms with E-state index in [-0.39, 0.29) is 0 Å².